The van der Waals surface area contributed by atoms with E-state index in [1.165, 1.54) is 0 Å². The number of hydrogen-bond acceptors (Lipinski definition) is 6. The smallest absolute Gasteiger partial charge is 0.339 e. The number of carbonyl (C=O) groups excluding carboxylic acids is 2. The van der Waals surface area contributed by atoms with Crippen LogP contribution in [0.4, 0.5) is 0 Å². The number of benzene rings is 1. The molecule has 1 atom stereocenters. The summed E-state index contributed by atoms with van der Waals surface area (Å²) >= 11 is 0. The molecule has 0 aliphatic heterocycles. The summed E-state index contributed by atoms with van der Waals surface area (Å²) < 4.78 is 10.6. The molecule has 9 nitrogen and oxygen atoms in total. The molecular weight excluding hydrogens is 464 g/mol. The van der Waals surface area contributed by atoms with Crippen LogP contribution in [0.1, 0.15) is 63.0 Å². The van der Waals surface area contributed by atoms with E-state index in [4.69, 9.17) is 9.15 Å². The lowest BCUT2D eigenvalue weighted by molar-refractivity contribution is -0.142. The van der Waals surface area contributed by atoms with Crippen molar-refractivity contribution in [2.45, 2.75) is 71.3 Å². The van der Waals surface area contributed by atoms with E-state index in [9.17, 15) is 24.3 Å². The van der Waals surface area contributed by atoms with Crippen molar-refractivity contribution in [3.63, 3.8) is 0 Å². The van der Waals surface area contributed by atoms with Gasteiger partial charge in [-0.15, -0.1) is 0 Å². The maximum Gasteiger partial charge on any atom is 0.339 e. The number of carboxylic acids is 1. The summed E-state index contributed by atoms with van der Waals surface area (Å²) in [6, 6.07) is 4.49. The molecule has 0 bridgehead atoms. The molecule has 1 aromatic carbocycles. The Labute approximate surface area is 210 Å². The summed E-state index contributed by atoms with van der Waals surface area (Å²) in [4.78, 5) is 48.7. The SMILES string of the molecule is CCCC(NC(=O)C1CCC(CNC(=O)CCc2c(C)c3ccc(OC)cc3oc2=O)CC1)C(=O)O. The highest BCUT2D eigenvalue weighted by molar-refractivity contribution is 5.85. The quantitative estimate of drug-likeness (QED) is 0.403. The highest BCUT2D eigenvalue weighted by atomic mass is 16.5. The van der Waals surface area contributed by atoms with Crippen molar-refractivity contribution in [2.24, 2.45) is 11.8 Å². The van der Waals surface area contributed by atoms with Gasteiger partial charge in [0.15, 0.2) is 0 Å². The summed E-state index contributed by atoms with van der Waals surface area (Å²) in [5.41, 5.74) is 1.31. The number of amides is 2. The standard InChI is InChI=1S/C27H36N2O7/c1-4-5-22(26(32)33)29-25(31)18-8-6-17(7-9-18)15-28-24(30)13-12-21-16(2)20-11-10-19(35-3)14-23(20)36-27(21)34/h10-11,14,17-18,22H,4-9,12-13,15H2,1-3H3,(H,28,30)(H,29,31)(H,32,33). The molecule has 2 aromatic rings. The maximum atomic E-state index is 12.5. The Morgan fingerprint density at radius 1 is 1.19 bits per heavy atom. The lowest BCUT2D eigenvalue weighted by atomic mass is 9.81. The Kier molecular flexibility index (Phi) is 9.50. The van der Waals surface area contributed by atoms with Gasteiger partial charge < -0.3 is 24.9 Å². The molecule has 1 unspecified atom stereocenters. The van der Waals surface area contributed by atoms with Gasteiger partial charge in [0, 0.05) is 35.9 Å². The predicted octanol–water partition coefficient (Wildman–Crippen LogP) is 3.33. The minimum atomic E-state index is -1.00. The second kappa shape index (κ2) is 12.6. The topological polar surface area (TPSA) is 135 Å². The van der Waals surface area contributed by atoms with Gasteiger partial charge in [0.1, 0.15) is 17.4 Å². The summed E-state index contributed by atoms with van der Waals surface area (Å²) in [6.07, 6.45) is 4.50. The van der Waals surface area contributed by atoms with Crippen LogP contribution >= 0.6 is 0 Å². The van der Waals surface area contributed by atoms with Crippen LogP contribution in [-0.2, 0) is 20.8 Å². The van der Waals surface area contributed by atoms with Crippen LogP contribution in [0, 0.1) is 18.8 Å². The Balaban J connectivity index is 1.45. The lowest BCUT2D eigenvalue weighted by Crippen LogP contribution is -2.44. The molecule has 1 heterocycles. The van der Waals surface area contributed by atoms with Gasteiger partial charge in [-0.2, -0.15) is 0 Å². The average Bonchev–Trinajstić information content (AvgIpc) is 2.86. The van der Waals surface area contributed by atoms with Crippen LogP contribution in [0.15, 0.2) is 27.4 Å². The number of methoxy groups -OCH3 is 1. The van der Waals surface area contributed by atoms with E-state index in [0.29, 0.717) is 49.1 Å². The number of ether oxygens (including phenoxy) is 1. The molecule has 0 saturated heterocycles. The highest BCUT2D eigenvalue weighted by Crippen LogP contribution is 2.29. The first kappa shape index (κ1) is 27.2. The molecule has 1 aromatic heterocycles. The van der Waals surface area contributed by atoms with Gasteiger partial charge >= 0.3 is 11.6 Å². The van der Waals surface area contributed by atoms with E-state index in [0.717, 1.165) is 23.8 Å². The third-order valence-electron chi connectivity index (χ3n) is 7.09. The number of carboxylic acid groups (broad SMARTS) is 1. The first-order valence-corrected chi connectivity index (χ1v) is 12.6. The largest absolute Gasteiger partial charge is 0.497 e. The number of hydrogen-bond donors (Lipinski definition) is 3. The van der Waals surface area contributed by atoms with E-state index >= 15 is 0 Å². The van der Waals surface area contributed by atoms with Crippen LogP contribution in [-0.4, -0.2) is 42.6 Å². The normalized spacial score (nSPS) is 18.4. The van der Waals surface area contributed by atoms with E-state index in [-0.39, 0.29) is 36.5 Å². The molecule has 1 saturated carbocycles. The van der Waals surface area contributed by atoms with E-state index < -0.39 is 17.6 Å². The number of nitrogens with one attached hydrogen (secondary N) is 2. The monoisotopic (exact) mass is 500 g/mol. The molecule has 2 amide bonds. The Bertz CT molecular complexity index is 1150. The summed E-state index contributed by atoms with van der Waals surface area (Å²) in [7, 11) is 1.55. The zero-order valence-electron chi connectivity index (χ0n) is 21.2. The molecular formula is C27H36N2O7. The Morgan fingerprint density at radius 2 is 1.92 bits per heavy atom. The van der Waals surface area contributed by atoms with Crippen LogP contribution in [0.2, 0.25) is 0 Å². The van der Waals surface area contributed by atoms with Gasteiger partial charge in [-0.05, 0) is 69.1 Å². The Morgan fingerprint density at radius 3 is 2.56 bits per heavy atom. The summed E-state index contributed by atoms with van der Waals surface area (Å²) in [6.45, 7) is 4.26. The third-order valence-corrected chi connectivity index (χ3v) is 7.09. The second-order valence-electron chi connectivity index (χ2n) is 9.56. The van der Waals surface area contributed by atoms with Crippen molar-refractivity contribution in [3.05, 3.63) is 39.7 Å². The minimum absolute atomic E-state index is 0.132. The third kappa shape index (κ3) is 6.86. The maximum absolute atomic E-state index is 12.5. The first-order chi connectivity index (χ1) is 17.2. The van der Waals surface area contributed by atoms with Crippen molar-refractivity contribution < 1.29 is 28.6 Å². The minimum Gasteiger partial charge on any atom is -0.497 e. The molecule has 3 N–H and O–H groups in total. The van der Waals surface area contributed by atoms with Crippen molar-refractivity contribution in [1.82, 2.24) is 10.6 Å². The van der Waals surface area contributed by atoms with Gasteiger partial charge in [-0.1, -0.05) is 13.3 Å². The van der Waals surface area contributed by atoms with Crippen molar-refractivity contribution >= 4 is 28.8 Å². The summed E-state index contributed by atoms with van der Waals surface area (Å²) in [5.74, 6) is -0.642. The van der Waals surface area contributed by atoms with E-state index in [1.54, 1.807) is 19.2 Å². The van der Waals surface area contributed by atoms with Crippen molar-refractivity contribution in [2.75, 3.05) is 13.7 Å². The molecule has 1 fully saturated rings. The molecule has 196 valence electrons. The zero-order valence-corrected chi connectivity index (χ0v) is 21.2. The van der Waals surface area contributed by atoms with E-state index in [2.05, 4.69) is 10.6 Å². The average molecular weight is 501 g/mol. The molecule has 0 radical (unpaired) electrons. The van der Waals surface area contributed by atoms with Crippen LogP contribution < -0.4 is 21.0 Å². The first-order valence-electron chi connectivity index (χ1n) is 12.6. The van der Waals surface area contributed by atoms with Gasteiger partial charge in [0.05, 0.1) is 7.11 Å². The molecule has 1 aliphatic rings. The second-order valence-corrected chi connectivity index (χ2v) is 9.56. The van der Waals surface area contributed by atoms with Gasteiger partial charge in [-0.3, -0.25) is 9.59 Å². The van der Waals surface area contributed by atoms with Crippen LogP contribution in [0.3, 0.4) is 0 Å². The number of carbonyl (C=O) groups is 3. The number of rotatable bonds is 11. The highest BCUT2D eigenvalue weighted by Gasteiger charge is 2.29. The van der Waals surface area contributed by atoms with Crippen molar-refractivity contribution in [3.8, 4) is 5.75 Å². The molecule has 3 rings (SSSR count). The fourth-order valence-corrected chi connectivity index (χ4v) is 4.84. The van der Waals surface area contributed by atoms with Crippen molar-refractivity contribution in [1.29, 1.82) is 0 Å². The Hall–Kier alpha value is -3.36. The number of aryl methyl sites for hydroxylation is 1. The van der Waals surface area contributed by atoms with Crippen LogP contribution in [0.5, 0.6) is 5.75 Å². The van der Waals surface area contributed by atoms with Gasteiger partial charge in [0.2, 0.25) is 11.8 Å². The predicted molar refractivity (Wildman–Crippen MR) is 135 cm³/mol. The fraction of sp³-hybridized carbons (Fsp3) is 0.556. The lowest BCUT2D eigenvalue weighted by Gasteiger charge is -2.28. The fourth-order valence-electron chi connectivity index (χ4n) is 4.84. The van der Waals surface area contributed by atoms with E-state index in [1.807, 2.05) is 19.9 Å². The van der Waals surface area contributed by atoms with Gasteiger partial charge in [-0.25, -0.2) is 9.59 Å². The molecule has 36 heavy (non-hydrogen) atoms. The molecule has 1 aliphatic carbocycles. The molecule has 0 spiro atoms. The van der Waals surface area contributed by atoms with Gasteiger partial charge in [0.25, 0.3) is 0 Å². The number of aliphatic carboxylic acids is 1. The molecule has 9 heteroatoms. The number of fused-ring (bicyclic) bond motifs is 1. The van der Waals surface area contributed by atoms with Crippen LogP contribution in [0.25, 0.3) is 11.0 Å². The summed E-state index contributed by atoms with van der Waals surface area (Å²) in [5, 5.41) is 15.7. The zero-order chi connectivity index (χ0) is 26.2.